The van der Waals surface area contributed by atoms with Crippen molar-refractivity contribution in [3.05, 3.63) is 54.1 Å². The van der Waals surface area contributed by atoms with E-state index in [4.69, 9.17) is 4.74 Å². The minimum atomic E-state index is -3.91. The number of aromatic nitrogens is 1. The molecule has 2 aromatic rings. The molecule has 0 amide bonds. The SMILES string of the molecule is Cc1ccc(OCC#CCNS(=O)(=O)c2ccccc2F)cn1. The number of aryl methyl sites for hydroxylation is 1. The number of benzene rings is 1. The number of hydrogen-bond acceptors (Lipinski definition) is 4. The Labute approximate surface area is 134 Å². The predicted octanol–water partition coefficient (Wildman–Crippen LogP) is 1.89. The van der Waals surface area contributed by atoms with E-state index in [9.17, 15) is 12.8 Å². The predicted molar refractivity (Wildman–Crippen MR) is 83.8 cm³/mol. The lowest BCUT2D eigenvalue weighted by Gasteiger charge is -2.04. The van der Waals surface area contributed by atoms with Crippen LogP contribution in [0.4, 0.5) is 4.39 Å². The molecule has 7 heteroatoms. The van der Waals surface area contributed by atoms with Gasteiger partial charge in [0.1, 0.15) is 23.1 Å². The first kappa shape index (κ1) is 16.9. The summed E-state index contributed by atoms with van der Waals surface area (Å²) in [6.45, 7) is 1.84. The number of rotatable bonds is 5. The normalized spacial score (nSPS) is 10.7. The van der Waals surface area contributed by atoms with Crippen molar-refractivity contribution in [3.8, 4) is 17.6 Å². The minimum Gasteiger partial charge on any atom is -0.479 e. The van der Waals surface area contributed by atoms with Crippen LogP contribution in [0.3, 0.4) is 0 Å². The molecule has 0 fully saturated rings. The molecule has 0 radical (unpaired) electrons. The summed E-state index contributed by atoms with van der Waals surface area (Å²) in [6, 6.07) is 8.73. The molecule has 0 aliphatic heterocycles. The summed E-state index contributed by atoms with van der Waals surface area (Å²) in [4.78, 5) is 3.67. The maximum Gasteiger partial charge on any atom is 0.244 e. The summed E-state index contributed by atoms with van der Waals surface area (Å²) in [6.07, 6.45) is 1.58. The maximum atomic E-state index is 13.5. The molecule has 0 aliphatic rings. The fraction of sp³-hybridized carbons (Fsp3) is 0.188. The smallest absolute Gasteiger partial charge is 0.244 e. The summed E-state index contributed by atoms with van der Waals surface area (Å²) in [7, 11) is -3.91. The van der Waals surface area contributed by atoms with Gasteiger partial charge >= 0.3 is 0 Å². The van der Waals surface area contributed by atoms with Crippen LogP contribution in [0.15, 0.2) is 47.5 Å². The van der Waals surface area contributed by atoms with Crippen molar-refractivity contribution in [2.45, 2.75) is 11.8 Å². The molecule has 0 unspecified atom stereocenters. The molecular weight excluding hydrogens is 319 g/mol. The quantitative estimate of drug-likeness (QED) is 0.848. The molecule has 0 saturated carbocycles. The van der Waals surface area contributed by atoms with Gasteiger partial charge < -0.3 is 4.74 Å². The van der Waals surface area contributed by atoms with Gasteiger partial charge in [0.05, 0.1) is 12.7 Å². The molecule has 1 heterocycles. The molecular formula is C16H15FN2O3S. The van der Waals surface area contributed by atoms with Crippen molar-refractivity contribution < 1.29 is 17.5 Å². The van der Waals surface area contributed by atoms with Gasteiger partial charge in [0.2, 0.25) is 10.0 Å². The molecule has 5 nitrogen and oxygen atoms in total. The molecule has 1 aromatic carbocycles. The fourth-order valence-corrected chi connectivity index (χ4v) is 2.64. The number of halogens is 1. The van der Waals surface area contributed by atoms with E-state index >= 15 is 0 Å². The van der Waals surface area contributed by atoms with Gasteiger partial charge in [-0.3, -0.25) is 4.98 Å². The number of pyridine rings is 1. The van der Waals surface area contributed by atoms with Gasteiger partial charge in [0.25, 0.3) is 0 Å². The Hall–Kier alpha value is -2.43. The van der Waals surface area contributed by atoms with Crippen LogP contribution in [-0.2, 0) is 10.0 Å². The van der Waals surface area contributed by atoms with E-state index < -0.39 is 20.7 Å². The fourth-order valence-electron chi connectivity index (χ4n) is 1.64. The van der Waals surface area contributed by atoms with Crippen LogP contribution in [0, 0.1) is 24.6 Å². The summed E-state index contributed by atoms with van der Waals surface area (Å²) >= 11 is 0. The van der Waals surface area contributed by atoms with Crippen molar-refractivity contribution in [3.63, 3.8) is 0 Å². The van der Waals surface area contributed by atoms with Gasteiger partial charge in [-0.1, -0.05) is 24.0 Å². The highest BCUT2D eigenvalue weighted by Crippen LogP contribution is 2.12. The Bertz CT molecular complexity index is 824. The third kappa shape index (κ3) is 5.06. The zero-order valence-corrected chi connectivity index (χ0v) is 13.2. The molecule has 0 aliphatic carbocycles. The molecule has 120 valence electrons. The van der Waals surface area contributed by atoms with E-state index in [1.807, 2.05) is 13.0 Å². The van der Waals surface area contributed by atoms with Crippen LogP contribution in [0.25, 0.3) is 0 Å². The van der Waals surface area contributed by atoms with Crippen molar-refractivity contribution in [2.24, 2.45) is 0 Å². The van der Waals surface area contributed by atoms with E-state index in [1.54, 1.807) is 12.3 Å². The van der Waals surface area contributed by atoms with Crippen molar-refractivity contribution in [2.75, 3.05) is 13.2 Å². The standard InChI is InChI=1S/C16H15FN2O3S/c1-13-8-9-14(12-18-13)22-11-5-4-10-19-23(20,21)16-7-3-2-6-15(16)17/h2-3,6-9,12,19H,10-11H2,1H3. The second-order valence-electron chi connectivity index (χ2n) is 4.53. The van der Waals surface area contributed by atoms with Gasteiger partial charge in [-0.2, -0.15) is 4.72 Å². The van der Waals surface area contributed by atoms with Crippen LogP contribution in [0.5, 0.6) is 5.75 Å². The molecule has 0 saturated heterocycles. The lowest BCUT2D eigenvalue weighted by Crippen LogP contribution is -2.25. The highest BCUT2D eigenvalue weighted by atomic mass is 32.2. The molecule has 1 aromatic heterocycles. The largest absolute Gasteiger partial charge is 0.479 e. The first-order valence-corrected chi connectivity index (χ1v) is 8.23. The number of nitrogens with zero attached hydrogens (tertiary/aromatic N) is 1. The highest BCUT2D eigenvalue weighted by molar-refractivity contribution is 7.89. The van der Waals surface area contributed by atoms with Gasteiger partial charge in [-0.25, -0.2) is 12.8 Å². The van der Waals surface area contributed by atoms with Crippen LogP contribution in [-0.4, -0.2) is 26.6 Å². The number of nitrogens with one attached hydrogen (secondary N) is 1. The second-order valence-corrected chi connectivity index (χ2v) is 6.27. The molecule has 2 rings (SSSR count). The Morgan fingerprint density at radius 3 is 2.70 bits per heavy atom. The molecule has 1 N–H and O–H groups in total. The Morgan fingerprint density at radius 2 is 2.00 bits per heavy atom. The zero-order valence-electron chi connectivity index (χ0n) is 12.4. The van der Waals surface area contributed by atoms with Crippen LogP contribution in [0.2, 0.25) is 0 Å². The van der Waals surface area contributed by atoms with Crippen molar-refractivity contribution in [1.29, 1.82) is 0 Å². The molecule has 0 spiro atoms. The van der Waals surface area contributed by atoms with Gasteiger partial charge in [0.15, 0.2) is 0 Å². The highest BCUT2D eigenvalue weighted by Gasteiger charge is 2.16. The monoisotopic (exact) mass is 334 g/mol. The minimum absolute atomic E-state index is 0.103. The van der Waals surface area contributed by atoms with Gasteiger partial charge in [-0.05, 0) is 31.2 Å². The lowest BCUT2D eigenvalue weighted by molar-refractivity contribution is 0.368. The third-order valence-corrected chi connectivity index (χ3v) is 4.23. The van der Waals surface area contributed by atoms with E-state index in [2.05, 4.69) is 21.5 Å². The first-order valence-electron chi connectivity index (χ1n) is 6.74. The summed E-state index contributed by atoms with van der Waals surface area (Å²) in [5.74, 6) is 5.05. The summed E-state index contributed by atoms with van der Waals surface area (Å²) in [5.41, 5.74) is 0.881. The van der Waals surface area contributed by atoms with Gasteiger partial charge in [0, 0.05) is 5.69 Å². The summed E-state index contributed by atoms with van der Waals surface area (Å²) in [5, 5.41) is 0. The molecule has 0 atom stereocenters. The second kappa shape index (κ2) is 7.72. The Kier molecular flexibility index (Phi) is 5.68. The van der Waals surface area contributed by atoms with Crippen LogP contribution < -0.4 is 9.46 Å². The number of sulfonamides is 1. The topological polar surface area (TPSA) is 68.3 Å². The van der Waals surface area contributed by atoms with Crippen LogP contribution in [0.1, 0.15) is 5.69 Å². The lowest BCUT2D eigenvalue weighted by atomic mass is 10.4. The van der Waals surface area contributed by atoms with Gasteiger partial charge in [-0.15, -0.1) is 0 Å². The van der Waals surface area contributed by atoms with Crippen molar-refractivity contribution in [1.82, 2.24) is 9.71 Å². The Balaban J connectivity index is 1.83. The van der Waals surface area contributed by atoms with Crippen molar-refractivity contribution >= 4 is 10.0 Å². The Morgan fingerprint density at radius 1 is 1.22 bits per heavy atom. The average molecular weight is 334 g/mol. The maximum absolute atomic E-state index is 13.5. The van der Waals surface area contributed by atoms with E-state index in [-0.39, 0.29) is 13.2 Å². The summed E-state index contributed by atoms with van der Waals surface area (Å²) < 4.78 is 44.7. The third-order valence-electron chi connectivity index (χ3n) is 2.80. The van der Waals surface area contributed by atoms with E-state index in [0.717, 1.165) is 11.8 Å². The number of ether oxygens (including phenoxy) is 1. The molecule has 0 bridgehead atoms. The average Bonchev–Trinajstić information content (AvgIpc) is 2.52. The van der Waals surface area contributed by atoms with E-state index in [0.29, 0.717) is 5.75 Å². The molecule has 23 heavy (non-hydrogen) atoms. The zero-order chi connectivity index (χ0) is 16.7. The number of hydrogen-bond donors (Lipinski definition) is 1. The van der Waals surface area contributed by atoms with Crippen LogP contribution >= 0.6 is 0 Å². The first-order chi connectivity index (χ1) is 11.0. The van der Waals surface area contributed by atoms with E-state index in [1.165, 1.54) is 18.2 Å².